The van der Waals surface area contributed by atoms with Crippen LogP contribution < -0.4 is 10.2 Å². The van der Waals surface area contributed by atoms with Gasteiger partial charge in [-0.1, -0.05) is 0 Å². The van der Waals surface area contributed by atoms with Gasteiger partial charge in [-0.3, -0.25) is 0 Å². The summed E-state index contributed by atoms with van der Waals surface area (Å²) in [6.45, 7) is 2.99. The molecule has 2 aromatic rings. The van der Waals surface area contributed by atoms with E-state index in [1.165, 1.54) is 23.9 Å². The summed E-state index contributed by atoms with van der Waals surface area (Å²) < 4.78 is 1.53. The van der Waals surface area contributed by atoms with E-state index in [0.717, 1.165) is 6.54 Å². The molecule has 3 rings (SSSR count). The molecule has 19 heavy (non-hydrogen) atoms. The van der Waals surface area contributed by atoms with Crippen LogP contribution in [0.15, 0.2) is 12.7 Å². The second kappa shape index (κ2) is 4.79. The number of rotatable bonds is 5. The Labute approximate surface area is 110 Å². The van der Waals surface area contributed by atoms with Gasteiger partial charge >= 0.3 is 0 Å². The molecule has 1 aliphatic carbocycles. The third-order valence-corrected chi connectivity index (χ3v) is 3.04. The Bertz CT molecular complexity index is 548. The van der Waals surface area contributed by atoms with E-state index < -0.39 is 0 Å². The van der Waals surface area contributed by atoms with Crippen LogP contribution in [0.1, 0.15) is 19.8 Å². The zero-order valence-corrected chi connectivity index (χ0v) is 11.0. The van der Waals surface area contributed by atoms with E-state index in [4.69, 9.17) is 0 Å². The molecule has 1 N–H and O–H groups in total. The van der Waals surface area contributed by atoms with Crippen molar-refractivity contribution in [1.29, 1.82) is 0 Å². The van der Waals surface area contributed by atoms with Gasteiger partial charge < -0.3 is 10.2 Å². The van der Waals surface area contributed by atoms with E-state index in [-0.39, 0.29) is 0 Å². The quantitative estimate of drug-likeness (QED) is 0.837. The zero-order valence-electron chi connectivity index (χ0n) is 11.0. The SMILES string of the molecule is CCN(c1nc(NC)nc(-n2cncn2)n1)C1CC1. The summed E-state index contributed by atoms with van der Waals surface area (Å²) in [6.07, 6.45) is 5.44. The van der Waals surface area contributed by atoms with E-state index in [1.54, 1.807) is 13.4 Å². The van der Waals surface area contributed by atoms with Gasteiger partial charge in [0.05, 0.1) is 0 Å². The summed E-state index contributed by atoms with van der Waals surface area (Å²) in [4.78, 5) is 19.3. The van der Waals surface area contributed by atoms with Crippen molar-refractivity contribution >= 4 is 11.9 Å². The number of hydrogen-bond donors (Lipinski definition) is 1. The van der Waals surface area contributed by atoms with Gasteiger partial charge in [-0.25, -0.2) is 4.98 Å². The molecule has 2 aromatic heterocycles. The van der Waals surface area contributed by atoms with E-state index in [9.17, 15) is 0 Å². The first kappa shape index (κ1) is 11.8. The van der Waals surface area contributed by atoms with Gasteiger partial charge in [0.2, 0.25) is 11.9 Å². The molecule has 0 saturated heterocycles. The Kier molecular flexibility index (Phi) is 2.98. The summed E-state index contributed by atoms with van der Waals surface area (Å²) in [5.74, 6) is 1.70. The summed E-state index contributed by atoms with van der Waals surface area (Å²) in [5.41, 5.74) is 0. The lowest BCUT2D eigenvalue weighted by molar-refractivity contribution is 0.747. The van der Waals surface area contributed by atoms with E-state index in [0.29, 0.717) is 23.9 Å². The van der Waals surface area contributed by atoms with Gasteiger partial charge in [0.25, 0.3) is 5.95 Å². The highest BCUT2D eigenvalue weighted by atomic mass is 15.4. The Morgan fingerprint density at radius 1 is 1.37 bits per heavy atom. The lowest BCUT2D eigenvalue weighted by atomic mass is 10.5. The highest BCUT2D eigenvalue weighted by Gasteiger charge is 2.30. The van der Waals surface area contributed by atoms with Gasteiger partial charge in [0, 0.05) is 19.6 Å². The summed E-state index contributed by atoms with van der Waals surface area (Å²) >= 11 is 0. The first-order valence-electron chi connectivity index (χ1n) is 6.37. The number of nitrogens with zero attached hydrogens (tertiary/aromatic N) is 7. The first-order chi connectivity index (χ1) is 9.31. The molecule has 0 radical (unpaired) electrons. The predicted molar refractivity (Wildman–Crippen MR) is 70.3 cm³/mol. The highest BCUT2D eigenvalue weighted by molar-refractivity contribution is 5.41. The van der Waals surface area contributed by atoms with Crippen molar-refractivity contribution in [3.05, 3.63) is 12.7 Å². The minimum absolute atomic E-state index is 0.478. The van der Waals surface area contributed by atoms with Crippen LogP contribution in [0.3, 0.4) is 0 Å². The molecule has 0 amide bonds. The topological polar surface area (TPSA) is 84.7 Å². The average Bonchev–Trinajstić information content (AvgIpc) is 3.12. The Morgan fingerprint density at radius 3 is 2.79 bits per heavy atom. The van der Waals surface area contributed by atoms with Crippen LogP contribution in [-0.4, -0.2) is 49.4 Å². The summed E-state index contributed by atoms with van der Waals surface area (Å²) in [7, 11) is 1.79. The minimum atomic E-state index is 0.478. The monoisotopic (exact) mass is 260 g/mol. The smallest absolute Gasteiger partial charge is 0.258 e. The van der Waals surface area contributed by atoms with Gasteiger partial charge in [0.15, 0.2) is 0 Å². The lowest BCUT2D eigenvalue weighted by Crippen LogP contribution is -2.28. The normalized spacial score (nSPS) is 14.4. The molecule has 8 heteroatoms. The number of anilines is 2. The van der Waals surface area contributed by atoms with Crippen LogP contribution in [0.4, 0.5) is 11.9 Å². The summed E-state index contributed by atoms with van der Waals surface area (Å²) in [5, 5.41) is 7.01. The molecule has 1 fully saturated rings. The zero-order chi connectivity index (χ0) is 13.2. The third-order valence-electron chi connectivity index (χ3n) is 3.04. The Balaban J connectivity index is 2.01. The van der Waals surface area contributed by atoms with E-state index in [2.05, 4.69) is 42.2 Å². The molecule has 8 nitrogen and oxygen atoms in total. The summed E-state index contributed by atoms with van der Waals surface area (Å²) in [6, 6.07) is 0.556. The van der Waals surface area contributed by atoms with Gasteiger partial charge in [0.1, 0.15) is 12.7 Å². The van der Waals surface area contributed by atoms with Gasteiger partial charge in [-0.05, 0) is 19.8 Å². The van der Waals surface area contributed by atoms with Crippen molar-refractivity contribution in [3.63, 3.8) is 0 Å². The molecule has 100 valence electrons. The second-order valence-electron chi connectivity index (χ2n) is 4.37. The van der Waals surface area contributed by atoms with Crippen molar-refractivity contribution < 1.29 is 0 Å². The first-order valence-corrected chi connectivity index (χ1v) is 6.37. The van der Waals surface area contributed by atoms with Crippen LogP contribution in [0, 0.1) is 0 Å². The Morgan fingerprint density at radius 2 is 2.21 bits per heavy atom. The molecule has 0 atom stereocenters. The van der Waals surface area contributed by atoms with Crippen LogP contribution >= 0.6 is 0 Å². The van der Waals surface area contributed by atoms with Crippen LogP contribution in [0.25, 0.3) is 5.95 Å². The van der Waals surface area contributed by atoms with Crippen molar-refractivity contribution in [2.24, 2.45) is 0 Å². The largest absolute Gasteiger partial charge is 0.357 e. The second-order valence-corrected chi connectivity index (χ2v) is 4.37. The minimum Gasteiger partial charge on any atom is -0.357 e. The fraction of sp³-hybridized carbons (Fsp3) is 0.545. The molecule has 0 aliphatic heterocycles. The van der Waals surface area contributed by atoms with Crippen LogP contribution in [0.2, 0.25) is 0 Å². The van der Waals surface area contributed by atoms with Crippen LogP contribution in [-0.2, 0) is 0 Å². The fourth-order valence-electron chi connectivity index (χ4n) is 1.96. The maximum atomic E-state index is 4.48. The van der Waals surface area contributed by atoms with Gasteiger partial charge in [-0.2, -0.15) is 24.7 Å². The molecule has 0 spiro atoms. The van der Waals surface area contributed by atoms with E-state index >= 15 is 0 Å². The standard InChI is InChI=1S/C11H16N8/c1-3-18(8-4-5-8)10-15-9(12-2)16-11(17-10)19-7-13-6-14-19/h6-8H,3-5H2,1-2H3,(H,12,15,16,17). The molecule has 1 aliphatic rings. The molecule has 0 bridgehead atoms. The molecule has 2 heterocycles. The molecular weight excluding hydrogens is 244 g/mol. The van der Waals surface area contributed by atoms with E-state index in [1.807, 2.05) is 0 Å². The molecule has 0 unspecified atom stereocenters. The lowest BCUT2D eigenvalue weighted by Gasteiger charge is -2.20. The van der Waals surface area contributed by atoms with Gasteiger partial charge in [-0.15, -0.1) is 0 Å². The van der Waals surface area contributed by atoms with Crippen molar-refractivity contribution in [3.8, 4) is 5.95 Å². The number of nitrogens with one attached hydrogen (secondary N) is 1. The number of aromatic nitrogens is 6. The third kappa shape index (κ3) is 2.33. The van der Waals surface area contributed by atoms with Crippen molar-refractivity contribution in [1.82, 2.24) is 29.7 Å². The maximum Gasteiger partial charge on any atom is 0.258 e. The fourth-order valence-corrected chi connectivity index (χ4v) is 1.96. The van der Waals surface area contributed by atoms with Crippen molar-refractivity contribution in [2.45, 2.75) is 25.8 Å². The number of hydrogen-bond acceptors (Lipinski definition) is 7. The molecule has 1 saturated carbocycles. The maximum absolute atomic E-state index is 4.48. The predicted octanol–water partition coefficient (Wildman–Crippen LogP) is 0.483. The van der Waals surface area contributed by atoms with Crippen molar-refractivity contribution in [2.75, 3.05) is 23.8 Å². The van der Waals surface area contributed by atoms with Crippen LogP contribution in [0.5, 0.6) is 0 Å². The Hall–Kier alpha value is -2.25. The molecule has 0 aromatic carbocycles. The average molecular weight is 260 g/mol. The highest BCUT2D eigenvalue weighted by Crippen LogP contribution is 2.29. The molecular formula is C11H16N8.